The zero-order valence-electron chi connectivity index (χ0n) is 27.9. The fourth-order valence-corrected chi connectivity index (χ4v) is 5.91. The molecule has 8 heteroatoms. The lowest BCUT2D eigenvalue weighted by Gasteiger charge is -2.32. The summed E-state index contributed by atoms with van der Waals surface area (Å²) in [5.41, 5.74) is -0.490. The maximum atomic E-state index is 11.8. The van der Waals surface area contributed by atoms with Gasteiger partial charge in [-0.2, -0.15) is 0 Å². The van der Waals surface area contributed by atoms with E-state index < -0.39 is 35.3 Å². The molecule has 0 aromatic heterocycles. The number of aliphatic hydroxyl groups is 2. The first kappa shape index (κ1) is 36.5. The molecule has 0 aromatic carbocycles. The zero-order valence-corrected chi connectivity index (χ0v) is 27.9. The molecule has 0 aromatic rings. The third-order valence-corrected chi connectivity index (χ3v) is 8.98. The van der Waals surface area contributed by atoms with Crippen molar-refractivity contribution in [3.63, 3.8) is 0 Å². The van der Waals surface area contributed by atoms with Gasteiger partial charge in [0.25, 0.3) is 0 Å². The van der Waals surface area contributed by atoms with Crippen molar-refractivity contribution in [1.82, 2.24) is 0 Å². The van der Waals surface area contributed by atoms with Gasteiger partial charge in [0.2, 0.25) is 0 Å². The molecule has 0 bridgehead atoms. The molecule has 0 aliphatic carbocycles. The van der Waals surface area contributed by atoms with Crippen molar-refractivity contribution >= 4 is 11.9 Å². The maximum Gasteiger partial charge on any atom is 0.303 e. The fourth-order valence-electron chi connectivity index (χ4n) is 5.91. The van der Waals surface area contributed by atoms with Crippen molar-refractivity contribution in [1.29, 1.82) is 0 Å². The molecular weight excluding hydrogens is 536 g/mol. The Labute approximate surface area is 254 Å². The number of hydrogen-bond acceptors (Lipinski definition) is 8. The molecular formula is C34H58O8. The van der Waals surface area contributed by atoms with Gasteiger partial charge in [-0.1, -0.05) is 23.3 Å². The smallest absolute Gasteiger partial charge is 0.303 e. The standard InChI is InChI=1S/C34H58O8/c1-23(2)13-11-19-31(7,37)27(39-25(5)35)17-21-33(9)29(41-33)15-16-30-34(10,42-30)22-18-28(40-26(6)36)32(8,38)20-12-14-24(3)4/h13-14,27-30,37-38H,11-12,15-22H2,1-10H3. The summed E-state index contributed by atoms with van der Waals surface area (Å²) >= 11 is 0. The average Bonchev–Trinajstić information content (AvgIpc) is 3.70. The van der Waals surface area contributed by atoms with Crippen LogP contribution in [0.1, 0.15) is 133 Å². The van der Waals surface area contributed by atoms with E-state index in [2.05, 4.69) is 26.0 Å². The van der Waals surface area contributed by atoms with Crippen molar-refractivity contribution in [3.05, 3.63) is 23.3 Å². The first-order valence-corrected chi connectivity index (χ1v) is 15.7. The molecule has 2 aliphatic heterocycles. The van der Waals surface area contributed by atoms with E-state index in [0.29, 0.717) is 38.5 Å². The monoisotopic (exact) mass is 594 g/mol. The van der Waals surface area contributed by atoms with E-state index in [1.807, 2.05) is 27.7 Å². The molecule has 42 heavy (non-hydrogen) atoms. The number of rotatable bonds is 19. The number of carbonyl (C=O) groups is 2. The van der Waals surface area contributed by atoms with Crippen LogP contribution in [0, 0.1) is 0 Å². The lowest BCUT2D eigenvalue weighted by Crippen LogP contribution is -2.42. The quantitative estimate of drug-likeness (QED) is 0.0988. The van der Waals surface area contributed by atoms with Crippen molar-refractivity contribution in [2.75, 3.05) is 0 Å². The Morgan fingerprint density at radius 3 is 1.36 bits per heavy atom. The van der Waals surface area contributed by atoms with Crippen LogP contribution in [0.4, 0.5) is 0 Å². The predicted molar refractivity (Wildman–Crippen MR) is 164 cm³/mol. The molecule has 242 valence electrons. The van der Waals surface area contributed by atoms with Crippen LogP contribution in [-0.2, 0) is 28.5 Å². The largest absolute Gasteiger partial charge is 0.460 e. The lowest BCUT2D eigenvalue weighted by molar-refractivity contribution is -0.163. The van der Waals surface area contributed by atoms with Crippen LogP contribution in [0.5, 0.6) is 0 Å². The molecule has 2 N–H and O–H groups in total. The minimum atomic E-state index is -1.12. The van der Waals surface area contributed by atoms with Crippen molar-refractivity contribution < 1.29 is 38.7 Å². The van der Waals surface area contributed by atoms with Crippen LogP contribution in [0.15, 0.2) is 23.3 Å². The molecule has 0 spiro atoms. The number of esters is 2. The lowest BCUT2D eigenvalue weighted by atomic mass is 9.86. The van der Waals surface area contributed by atoms with Gasteiger partial charge in [0.15, 0.2) is 0 Å². The zero-order chi connectivity index (χ0) is 31.9. The average molecular weight is 595 g/mol. The Hall–Kier alpha value is -1.74. The third-order valence-electron chi connectivity index (χ3n) is 8.98. The molecule has 0 amide bonds. The minimum Gasteiger partial charge on any atom is -0.460 e. The minimum absolute atomic E-state index is 0.0872. The van der Waals surface area contributed by atoms with Crippen molar-refractivity contribution in [2.45, 2.75) is 180 Å². The molecule has 2 rings (SSSR count). The Bertz CT molecular complexity index is 896. The first-order valence-electron chi connectivity index (χ1n) is 15.7. The summed E-state index contributed by atoms with van der Waals surface area (Å²) in [6, 6.07) is 0. The van der Waals surface area contributed by atoms with Crippen LogP contribution >= 0.6 is 0 Å². The fraction of sp³-hybridized carbons (Fsp3) is 0.824. The van der Waals surface area contributed by atoms with E-state index in [-0.39, 0.29) is 23.4 Å². The molecule has 0 radical (unpaired) electrons. The second-order valence-corrected chi connectivity index (χ2v) is 14.0. The van der Waals surface area contributed by atoms with Gasteiger partial charge in [-0.15, -0.1) is 0 Å². The van der Waals surface area contributed by atoms with Gasteiger partial charge in [-0.05, 0) is 120 Å². The second-order valence-electron chi connectivity index (χ2n) is 14.0. The summed E-state index contributed by atoms with van der Waals surface area (Å²) in [6.45, 7) is 18.5. The van der Waals surface area contributed by atoms with E-state index in [9.17, 15) is 19.8 Å². The normalized spacial score (nSPS) is 28.9. The van der Waals surface area contributed by atoms with Gasteiger partial charge >= 0.3 is 11.9 Å². The summed E-state index contributed by atoms with van der Waals surface area (Å²) in [5.74, 6) is -0.784. The number of epoxide rings is 2. The number of allylic oxidation sites excluding steroid dienone is 4. The predicted octanol–water partition coefficient (Wildman–Crippen LogP) is 6.50. The summed E-state index contributed by atoms with van der Waals surface area (Å²) < 4.78 is 23.3. The molecule has 8 atom stereocenters. The van der Waals surface area contributed by atoms with Gasteiger partial charge in [0.1, 0.15) is 12.2 Å². The number of hydrogen-bond donors (Lipinski definition) is 2. The van der Waals surface area contributed by atoms with Gasteiger partial charge in [0.05, 0.1) is 34.6 Å². The van der Waals surface area contributed by atoms with E-state index in [4.69, 9.17) is 18.9 Å². The highest BCUT2D eigenvalue weighted by Crippen LogP contribution is 2.49. The molecule has 0 saturated carbocycles. The third kappa shape index (κ3) is 11.7. The van der Waals surface area contributed by atoms with Gasteiger partial charge in [0, 0.05) is 13.8 Å². The Morgan fingerprint density at radius 1 is 0.738 bits per heavy atom. The Morgan fingerprint density at radius 2 is 1.07 bits per heavy atom. The highest BCUT2D eigenvalue weighted by molar-refractivity contribution is 5.66. The van der Waals surface area contributed by atoms with Crippen molar-refractivity contribution in [3.8, 4) is 0 Å². The first-order chi connectivity index (χ1) is 19.3. The van der Waals surface area contributed by atoms with Crippen LogP contribution in [-0.4, -0.2) is 69.0 Å². The SMILES string of the molecule is CC(=O)OC(CCC1(C)OC1CCC1OC1(C)CCC(OC(C)=O)C(C)(O)CCC=C(C)C)C(C)(O)CCC=C(C)C. The molecule has 2 aliphatic rings. The van der Waals surface area contributed by atoms with E-state index >= 15 is 0 Å². The summed E-state index contributed by atoms with van der Waals surface area (Å²) in [7, 11) is 0. The number of ether oxygens (including phenoxy) is 4. The topological polar surface area (TPSA) is 118 Å². The molecule has 2 saturated heterocycles. The van der Waals surface area contributed by atoms with Crippen LogP contribution < -0.4 is 0 Å². The van der Waals surface area contributed by atoms with Gasteiger partial charge in [-0.3, -0.25) is 9.59 Å². The summed E-state index contributed by atoms with van der Waals surface area (Å²) in [5, 5.41) is 22.2. The van der Waals surface area contributed by atoms with Crippen LogP contribution in [0.2, 0.25) is 0 Å². The maximum absolute atomic E-state index is 11.8. The summed E-state index contributed by atoms with van der Waals surface area (Å²) in [6.07, 6.45) is 9.72. The molecule has 2 heterocycles. The van der Waals surface area contributed by atoms with E-state index in [1.165, 1.54) is 25.0 Å². The Kier molecular flexibility index (Phi) is 12.9. The highest BCUT2D eigenvalue weighted by Gasteiger charge is 2.56. The van der Waals surface area contributed by atoms with Crippen LogP contribution in [0.3, 0.4) is 0 Å². The molecule has 2 fully saturated rings. The number of carbonyl (C=O) groups excluding carboxylic acids is 2. The van der Waals surface area contributed by atoms with E-state index in [1.54, 1.807) is 13.8 Å². The molecule has 8 unspecified atom stereocenters. The Balaban J connectivity index is 1.84. The van der Waals surface area contributed by atoms with E-state index in [0.717, 1.165) is 25.7 Å². The van der Waals surface area contributed by atoms with Gasteiger partial charge in [-0.25, -0.2) is 0 Å². The highest BCUT2D eigenvalue weighted by atomic mass is 16.6. The summed E-state index contributed by atoms with van der Waals surface area (Å²) in [4.78, 5) is 23.6. The second kappa shape index (κ2) is 14.8. The molecule has 8 nitrogen and oxygen atoms in total. The van der Waals surface area contributed by atoms with Gasteiger partial charge < -0.3 is 29.2 Å². The van der Waals surface area contributed by atoms with Crippen molar-refractivity contribution in [2.24, 2.45) is 0 Å². The van der Waals surface area contributed by atoms with Crippen LogP contribution in [0.25, 0.3) is 0 Å².